The lowest BCUT2D eigenvalue weighted by Gasteiger charge is -2.10. The Labute approximate surface area is 108 Å². The number of nitrogens with zero attached hydrogens (tertiary/aromatic N) is 1. The van der Waals surface area contributed by atoms with Crippen LogP contribution < -0.4 is 0 Å². The molecule has 0 bridgehead atoms. The Morgan fingerprint density at radius 3 is 2.71 bits per heavy atom. The summed E-state index contributed by atoms with van der Waals surface area (Å²) in [5.41, 5.74) is 3.29. The lowest BCUT2D eigenvalue weighted by Crippen LogP contribution is -1.96. The van der Waals surface area contributed by atoms with E-state index in [-0.39, 0.29) is 0 Å². The van der Waals surface area contributed by atoms with Gasteiger partial charge in [-0.15, -0.1) is 0 Å². The molecule has 0 unspecified atom stereocenters. The van der Waals surface area contributed by atoms with Crippen LogP contribution in [0.25, 0.3) is 10.9 Å². The summed E-state index contributed by atoms with van der Waals surface area (Å²) in [6.45, 7) is 4.27. The number of benzene rings is 1. The molecule has 0 saturated heterocycles. The lowest BCUT2D eigenvalue weighted by atomic mass is 10.0. The fourth-order valence-electron chi connectivity index (χ4n) is 2.17. The molecule has 0 aliphatic rings. The Morgan fingerprint density at radius 1 is 1.18 bits per heavy atom. The summed E-state index contributed by atoms with van der Waals surface area (Å²) in [7, 11) is 0. The molecule has 2 aromatic rings. The predicted molar refractivity (Wildman–Crippen MR) is 74.7 cm³/mol. The topological polar surface area (TPSA) is 12.9 Å². The van der Waals surface area contributed by atoms with Crippen molar-refractivity contribution in [3.05, 3.63) is 40.5 Å². The number of fused-ring (bicyclic) bond motifs is 1. The summed E-state index contributed by atoms with van der Waals surface area (Å²) in [4.78, 5) is 4.63. The molecule has 0 aliphatic carbocycles. The highest BCUT2D eigenvalue weighted by molar-refractivity contribution is 6.36. The molecule has 0 fully saturated rings. The van der Waals surface area contributed by atoms with E-state index in [1.165, 1.54) is 24.8 Å². The van der Waals surface area contributed by atoms with Gasteiger partial charge in [0.05, 0.1) is 10.5 Å². The highest BCUT2D eigenvalue weighted by Crippen LogP contribution is 2.29. The van der Waals surface area contributed by atoms with Crippen molar-refractivity contribution in [3.63, 3.8) is 0 Å². The number of para-hydroxylation sites is 1. The quantitative estimate of drug-likeness (QED) is 0.698. The number of halogens is 1. The van der Waals surface area contributed by atoms with Gasteiger partial charge in [0, 0.05) is 11.1 Å². The zero-order valence-corrected chi connectivity index (χ0v) is 11.2. The fraction of sp³-hybridized carbons (Fsp3) is 0.400. The third-order valence-corrected chi connectivity index (χ3v) is 3.59. The normalized spacial score (nSPS) is 11.0. The maximum absolute atomic E-state index is 6.49. The van der Waals surface area contributed by atoms with Gasteiger partial charge < -0.3 is 0 Å². The monoisotopic (exact) mass is 247 g/mol. The number of rotatable bonds is 4. The lowest BCUT2D eigenvalue weighted by molar-refractivity contribution is 0.714. The molecule has 2 rings (SSSR count). The highest BCUT2D eigenvalue weighted by atomic mass is 35.5. The second kappa shape index (κ2) is 5.50. The Hall–Kier alpha value is -1.08. The molecular formula is C15H18ClN. The molecule has 1 aromatic heterocycles. The zero-order valence-electron chi connectivity index (χ0n) is 10.5. The molecule has 0 radical (unpaired) electrons. The molecule has 1 aromatic carbocycles. The Morgan fingerprint density at radius 2 is 1.94 bits per heavy atom. The molecule has 0 saturated carbocycles. The van der Waals surface area contributed by atoms with Crippen LogP contribution in [0.1, 0.15) is 37.4 Å². The van der Waals surface area contributed by atoms with Crippen molar-refractivity contribution in [1.29, 1.82) is 0 Å². The van der Waals surface area contributed by atoms with Gasteiger partial charge in [-0.05, 0) is 31.4 Å². The van der Waals surface area contributed by atoms with Crippen molar-refractivity contribution in [2.24, 2.45) is 0 Å². The van der Waals surface area contributed by atoms with Gasteiger partial charge in [-0.3, -0.25) is 4.98 Å². The molecule has 90 valence electrons. The van der Waals surface area contributed by atoms with E-state index in [2.05, 4.69) is 18.8 Å². The van der Waals surface area contributed by atoms with E-state index >= 15 is 0 Å². The fourth-order valence-corrected chi connectivity index (χ4v) is 2.56. The molecule has 0 amide bonds. The van der Waals surface area contributed by atoms with Gasteiger partial charge in [-0.2, -0.15) is 0 Å². The van der Waals surface area contributed by atoms with Crippen LogP contribution >= 0.6 is 11.6 Å². The van der Waals surface area contributed by atoms with Crippen molar-refractivity contribution in [3.8, 4) is 0 Å². The second-order valence-electron chi connectivity index (χ2n) is 4.46. The standard InChI is InChI=1S/C15H18ClN/c1-3-4-5-8-12-11(2)17-14-10-7-6-9-13(14)15(12)16/h6-7,9-10H,3-5,8H2,1-2H3. The van der Waals surface area contributed by atoms with Crippen molar-refractivity contribution in [2.45, 2.75) is 39.5 Å². The average molecular weight is 248 g/mol. The van der Waals surface area contributed by atoms with Crippen LogP contribution in [0, 0.1) is 6.92 Å². The third kappa shape index (κ3) is 2.61. The first-order chi connectivity index (χ1) is 8.24. The summed E-state index contributed by atoms with van der Waals surface area (Å²) >= 11 is 6.49. The number of hydrogen-bond donors (Lipinski definition) is 0. The van der Waals surface area contributed by atoms with Gasteiger partial charge in [-0.1, -0.05) is 49.6 Å². The van der Waals surface area contributed by atoms with Crippen LogP contribution in [0.3, 0.4) is 0 Å². The summed E-state index contributed by atoms with van der Waals surface area (Å²) in [5, 5.41) is 1.97. The second-order valence-corrected chi connectivity index (χ2v) is 4.84. The van der Waals surface area contributed by atoms with Crippen molar-refractivity contribution in [1.82, 2.24) is 4.98 Å². The number of aryl methyl sites for hydroxylation is 1. The minimum absolute atomic E-state index is 0.893. The van der Waals surface area contributed by atoms with Gasteiger partial charge >= 0.3 is 0 Å². The van der Waals surface area contributed by atoms with E-state index < -0.39 is 0 Å². The van der Waals surface area contributed by atoms with Crippen LogP contribution in [-0.4, -0.2) is 4.98 Å². The van der Waals surface area contributed by atoms with Crippen molar-refractivity contribution >= 4 is 22.5 Å². The Bertz CT molecular complexity index is 520. The number of pyridine rings is 1. The minimum atomic E-state index is 0.893. The molecule has 1 heterocycles. The van der Waals surface area contributed by atoms with E-state index in [1.54, 1.807) is 0 Å². The first-order valence-electron chi connectivity index (χ1n) is 6.27. The number of hydrogen-bond acceptors (Lipinski definition) is 1. The van der Waals surface area contributed by atoms with Gasteiger partial charge in [0.1, 0.15) is 0 Å². The van der Waals surface area contributed by atoms with E-state index in [9.17, 15) is 0 Å². The molecule has 0 aliphatic heterocycles. The third-order valence-electron chi connectivity index (χ3n) is 3.16. The summed E-state index contributed by atoms with van der Waals surface area (Å²) < 4.78 is 0. The molecule has 0 N–H and O–H groups in total. The summed E-state index contributed by atoms with van der Waals surface area (Å²) in [6, 6.07) is 8.08. The van der Waals surface area contributed by atoms with Crippen LogP contribution in [0.4, 0.5) is 0 Å². The number of unbranched alkanes of at least 4 members (excludes halogenated alkanes) is 2. The van der Waals surface area contributed by atoms with E-state index in [4.69, 9.17) is 11.6 Å². The number of aromatic nitrogens is 1. The minimum Gasteiger partial charge on any atom is -0.253 e. The van der Waals surface area contributed by atoms with Crippen LogP contribution in [0.2, 0.25) is 5.02 Å². The molecule has 0 atom stereocenters. The molecule has 0 spiro atoms. The van der Waals surface area contributed by atoms with E-state index in [1.807, 2.05) is 24.3 Å². The first kappa shape index (κ1) is 12.4. The highest BCUT2D eigenvalue weighted by Gasteiger charge is 2.09. The molecule has 17 heavy (non-hydrogen) atoms. The smallest absolute Gasteiger partial charge is 0.0720 e. The molecule has 1 nitrogen and oxygen atoms in total. The predicted octanol–water partition coefficient (Wildman–Crippen LogP) is 4.93. The van der Waals surface area contributed by atoms with Crippen LogP contribution in [0.5, 0.6) is 0 Å². The van der Waals surface area contributed by atoms with Crippen LogP contribution in [0.15, 0.2) is 24.3 Å². The summed E-state index contributed by atoms with van der Waals surface area (Å²) in [5.74, 6) is 0. The first-order valence-corrected chi connectivity index (χ1v) is 6.65. The van der Waals surface area contributed by atoms with Crippen molar-refractivity contribution < 1.29 is 0 Å². The Balaban J connectivity index is 2.41. The average Bonchev–Trinajstić information content (AvgIpc) is 2.33. The Kier molecular flexibility index (Phi) is 4.01. The molecular weight excluding hydrogens is 230 g/mol. The zero-order chi connectivity index (χ0) is 12.3. The maximum atomic E-state index is 6.49. The SMILES string of the molecule is CCCCCc1c(C)nc2ccccc2c1Cl. The van der Waals surface area contributed by atoms with Gasteiger partial charge in [-0.25, -0.2) is 0 Å². The molecule has 2 heteroatoms. The maximum Gasteiger partial charge on any atom is 0.0720 e. The van der Waals surface area contributed by atoms with E-state index in [0.29, 0.717) is 0 Å². The van der Waals surface area contributed by atoms with Gasteiger partial charge in [0.15, 0.2) is 0 Å². The van der Waals surface area contributed by atoms with Crippen molar-refractivity contribution in [2.75, 3.05) is 0 Å². The van der Waals surface area contributed by atoms with Gasteiger partial charge in [0.25, 0.3) is 0 Å². The summed E-state index contributed by atoms with van der Waals surface area (Å²) in [6.07, 6.45) is 4.72. The van der Waals surface area contributed by atoms with Gasteiger partial charge in [0.2, 0.25) is 0 Å². The van der Waals surface area contributed by atoms with Crippen LogP contribution in [-0.2, 0) is 6.42 Å². The largest absolute Gasteiger partial charge is 0.253 e. The van der Waals surface area contributed by atoms with E-state index in [0.717, 1.165) is 28.0 Å².